The number of nitrogens with zero attached hydrogens (tertiary/aromatic N) is 2. The van der Waals surface area contributed by atoms with Crippen molar-refractivity contribution in [3.05, 3.63) is 75.8 Å². The average molecular weight is 426 g/mol. The lowest BCUT2D eigenvalue weighted by molar-refractivity contribution is 0.0303. The predicted octanol–water partition coefficient (Wildman–Crippen LogP) is 4.97. The number of amides is 1. The molecule has 0 atom stereocenters. The summed E-state index contributed by atoms with van der Waals surface area (Å²) in [5.41, 5.74) is 8.95. The van der Waals surface area contributed by atoms with Crippen LogP contribution in [0.4, 0.5) is 0 Å². The van der Waals surface area contributed by atoms with Gasteiger partial charge in [-0.05, 0) is 61.2 Å². The zero-order chi connectivity index (χ0) is 21.5. The minimum Gasteiger partial charge on any atom is -0.378 e. The molecule has 158 valence electrons. The van der Waals surface area contributed by atoms with E-state index in [0.29, 0.717) is 36.9 Å². The molecule has 1 saturated heterocycles. The summed E-state index contributed by atoms with van der Waals surface area (Å²) in [6.07, 6.45) is 0.915. The second-order valence-corrected chi connectivity index (χ2v) is 7.74. The van der Waals surface area contributed by atoms with Crippen LogP contribution in [0.3, 0.4) is 0 Å². The Morgan fingerprint density at radius 2 is 1.57 bits per heavy atom. The second kappa shape index (κ2) is 10.4. The van der Waals surface area contributed by atoms with Crippen molar-refractivity contribution in [2.24, 2.45) is 5.10 Å². The number of halogens is 1. The normalized spacial score (nSPS) is 15.6. The molecule has 1 amide bonds. The molecule has 3 rings (SSSR count). The SMILES string of the molecule is CC/C(C)=C(/N/N=C(\C)c1ccc(C(=O)N2CCOCC2)cc1)c1ccc(Cl)cc1. The van der Waals surface area contributed by atoms with Crippen LogP contribution in [0.15, 0.2) is 59.2 Å². The van der Waals surface area contributed by atoms with E-state index in [9.17, 15) is 4.79 Å². The van der Waals surface area contributed by atoms with E-state index >= 15 is 0 Å². The summed E-state index contributed by atoms with van der Waals surface area (Å²) in [5, 5.41) is 5.30. The van der Waals surface area contributed by atoms with Crippen LogP contribution in [0.2, 0.25) is 5.02 Å². The monoisotopic (exact) mass is 425 g/mol. The Hall–Kier alpha value is -2.63. The summed E-state index contributed by atoms with van der Waals surface area (Å²) in [6.45, 7) is 8.64. The Morgan fingerprint density at radius 1 is 1.00 bits per heavy atom. The lowest BCUT2D eigenvalue weighted by Crippen LogP contribution is -2.40. The lowest BCUT2D eigenvalue weighted by Gasteiger charge is -2.26. The van der Waals surface area contributed by atoms with Gasteiger partial charge >= 0.3 is 0 Å². The molecule has 30 heavy (non-hydrogen) atoms. The molecular weight excluding hydrogens is 398 g/mol. The van der Waals surface area contributed by atoms with Crippen molar-refractivity contribution in [2.75, 3.05) is 26.3 Å². The third-order valence-corrected chi connectivity index (χ3v) is 5.53. The number of morpholine rings is 1. The minimum absolute atomic E-state index is 0.0455. The van der Waals surface area contributed by atoms with Gasteiger partial charge < -0.3 is 9.64 Å². The van der Waals surface area contributed by atoms with E-state index in [-0.39, 0.29) is 5.91 Å². The van der Waals surface area contributed by atoms with Gasteiger partial charge in [0.1, 0.15) is 0 Å². The highest BCUT2D eigenvalue weighted by Gasteiger charge is 2.18. The van der Waals surface area contributed by atoms with E-state index in [1.165, 1.54) is 5.57 Å². The topological polar surface area (TPSA) is 53.9 Å². The average Bonchev–Trinajstić information content (AvgIpc) is 2.80. The number of nitrogens with one attached hydrogen (secondary N) is 1. The van der Waals surface area contributed by atoms with Crippen LogP contribution >= 0.6 is 11.6 Å². The van der Waals surface area contributed by atoms with Gasteiger partial charge in [0.2, 0.25) is 0 Å². The largest absolute Gasteiger partial charge is 0.378 e. The number of carbonyl (C=O) groups excluding carboxylic acids is 1. The summed E-state index contributed by atoms with van der Waals surface area (Å²) in [6, 6.07) is 15.3. The van der Waals surface area contributed by atoms with Crippen LogP contribution in [0, 0.1) is 0 Å². The molecule has 6 heteroatoms. The van der Waals surface area contributed by atoms with Gasteiger partial charge in [-0.15, -0.1) is 0 Å². The zero-order valence-electron chi connectivity index (χ0n) is 17.7. The van der Waals surface area contributed by atoms with Crippen molar-refractivity contribution in [3.63, 3.8) is 0 Å². The fraction of sp³-hybridized carbons (Fsp3) is 0.333. The van der Waals surface area contributed by atoms with Crippen molar-refractivity contribution in [1.82, 2.24) is 10.3 Å². The standard InChI is InChI=1S/C24H28ClN3O2/c1-4-17(2)23(20-9-11-22(25)12-10-20)27-26-18(3)19-5-7-21(8-6-19)24(29)28-13-15-30-16-14-28/h5-12,27H,4,13-16H2,1-3H3/b23-17+,26-18+. The first-order valence-corrected chi connectivity index (χ1v) is 10.6. The Morgan fingerprint density at radius 3 is 2.17 bits per heavy atom. The van der Waals surface area contributed by atoms with Gasteiger partial charge in [0, 0.05) is 23.7 Å². The van der Waals surface area contributed by atoms with E-state index < -0.39 is 0 Å². The molecule has 2 aromatic rings. The van der Waals surface area contributed by atoms with Crippen LogP contribution in [-0.4, -0.2) is 42.8 Å². The quantitative estimate of drug-likeness (QED) is 0.525. The molecule has 0 aliphatic carbocycles. The molecule has 1 aliphatic heterocycles. The van der Waals surface area contributed by atoms with Crippen LogP contribution in [0.1, 0.15) is 48.7 Å². The van der Waals surface area contributed by atoms with E-state index in [1.54, 1.807) is 0 Å². The third kappa shape index (κ3) is 5.49. The van der Waals surface area contributed by atoms with E-state index in [2.05, 4.69) is 24.4 Å². The zero-order valence-corrected chi connectivity index (χ0v) is 18.5. The molecule has 0 bridgehead atoms. The highest BCUT2D eigenvalue weighted by atomic mass is 35.5. The molecule has 1 fully saturated rings. The summed E-state index contributed by atoms with van der Waals surface area (Å²) in [4.78, 5) is 14.4. The Balaban J connectivity index is 1.73. The van der Waals surface area contributed by atoms with Crippen LogP contribution < -0.4 is 5.43 Å². The molecule has 0 radical (unpaired) electrons. The smallest absolute Gasteiger partial charge is 0.254 e. The Bertz CT molecular complexity index is 928. The number of carbonyl (C=O) groups is 1. The van der Waals surface area contributed by atoms with Crippen molar-refractivity contribution < 1.29 is 9.53 Å². The lowest BCUT2D eigenvalue weighted by atomic mass is 10.1. The van der Waals surface area contributed by atoms with Crippen molar-refractivity contribution >= 4 is 28.9 Å². The number of hydrogen-bond acceptors (Lipinski definition) is 4. The third-order valence-electron chi connectivity index (χ3n) is 5.27. The molecule has 1 aliphatic rings. The van der Waals surface area contributed by atoms with Gasteiger partial charge in [-0.25, -0.2) is 0 Å². The molecule has 1 N–H and O–H groups in total. The number of hydrogen-bond donors (Lipinski definition) is 1. The number of allylic oxidation sites excluding steroid dienone is 1. The summed E-state index contributed by atoms with van der Waals surface area (Å²) in [5.74, 6) is 0.0455. The molecular formula is C24H28ClN3O2. The van der Waals surface area contributed by atoms with Gasteiger partial charge in [0.05, 0.1) is 24.6 Å². The van der Waals surface area contributed by atoms with Crippen molar-refractivity contribution in [3.8, 4) is 0 Å². The first kappa shape index (κ1) is 22.1. The van der Waals surface area contributed by atoms with E-state index in [1.807, 2.05) is 60.4 Å². The molecule has 0 spiro atoms. The molecule has 1 heterocycles. The summed E-state index contributed by atoms with van der Waals surface area (Å²) in [7, 11) is 0. The van der Waals surface area contributed by atoms with Gasteiger partial charge in [0.25, 0.3) is 5.91 Å². The Kier molecular flexibility index (Phi) is 7.66. The number of rotatable bonds is 6. The fourth-order valence-corrected chi connectivity index (χ4v) is 3.33. The molecule has 0 saturated carbocycles. The maximum Gasteiger partial charge on any atom is 0.254 e. The minimum atomic E-state index is 0.0455. The maximum absolute atomic E-state index is 12.6. The first-order valence-electron chi connectivity index (χ1n) is 10.2. The predicted molar refractivity (Wildman–Crippen MR) is 123 cm³/mol. The fourth-order valence-electron chi connectivity index (χ4n) is 3.21. The highest BCUT2D eigenvalue weighted by Crippen LogP contribution is 2.20. The van der Waals surface area contributed by atoms with E-state index in [4.69, 9.17) is 16.3 Å². The van der Waals surface area contributed by atoms with Gasteiger partial charge in [0.15, 0.2) is 0 Å². The van der Waals surface area contributed by atoms with Gasteiger partial charge in [-0.1, -0.05) is 42.8 Å². The number of ether oxygens (including phenoxy) is 1. The molecule has 2 aromatic carbocycles. The molecule has 0 unspecified atom stereocenters. The molecule has 5 nitrogen and oxygen atoms in total. The number of hydrazone groups is 1. The summed E-state index contributed by atoms with van der Waals surface area (Å²) >= 11 is 6.02. The van der Waals surface area contributed by atoms with Crippen molar-refractivity contribution in [1.29, 1.82) is 0 Å². The van der Waals surface area contributed by atoms with Crippen LogP contribution in [-0.2, 0) is 4.74 Å². The Labute approximate surface area is 183 Å². The molecule has 0 aromatic heterocycles. The van der Waals surface area contributed by atoms with Gasteiger partial charge in [-0.2, -0.15) is 5.10 Å². The highest BCUT2D eigenvalue weighted by molar-refractivity contribution is 6.30. The summed E-state index contributed by atoms with van der Waals surface area (Å²) < 4.78 is 5.32. The van der Waals surface area contributed by atoms with Gasteiger partial charge in [-0.3, -0.25) is 10.2 Å². The first-order chi connectivity index (χ1) is 14.5. The number of benzene rings is 2. The second-order valence-electron chi connectivity index (χ2n) is 7.31. The van der Waals surface area contributed by atoms with Crippen LogP contribution in [0.25, 0.3) is 5.70 Å². The maximum atomic E-state index is 12.6. The van der Waals surface area contributed by atoms with Crippen LogP contribution in [0.5, 0.6) is 0 Å². The van der Waals surface area contributed by atoms with Crippen molar-refractivity contribution in [2.45, 2.75) is 27.2 Å². The van der Waals surface area contributed by atoms with E-state index in [0.717, 1.165) is 29.0 Å².